The second-order valence-electron chi connectivity index (χ2n) is 3.06. The van der Waals surface area contributed by atoms with Gasteiger partial charge in [0.1, 0.15) is 12.4 Å². The molecule has 2 heterocycles. The van der Waals surface area contributed by atoms with E-state index >= 15 is 0 Å². The number of H-pyrrole nitrogens is 1. The highest BCUT2D eigenvalue weighted by atomic mass is 35.5. The van der Waals surface area contributed by atoms with Crippen molar-refractivity contribution < 1.29 is 5.11 Å². The monoisotopic (exact) mass is 224 g/mol. The van der Waals surface area contributed by atoms with Gasteiger partial charge >= 0.3 is 0 Å². The fourth-order valence-corrected chi connectivity index (χ4v) is 1.45. The van der Waals surface area contributed by atoms with Gasteiger partial charge < -0.3 is 5.11 Å². The fourth-order valence-electron chi connectivity index (χ4n) is 1.25. The molecular formula is C9H9ClN4O. The van der Waals surface area contributed by atoms with Gasteiger partial charge in [-0.05, 0) is 11.6 Å². The molecule has 0 aliphatic carbocycles. The highest BCUT2D eigenvalue weighted by Crippen LogP contribution is 2.20. The fraction of sp³-hybridized carbons (Fsp3) is 0.222. The van der Waals surface area contributed by atoms with Gasteiger partial charge in [-0.1, -0.05) is 11.6 Å². The number of aromatic amines is 1. The second-order valence-corrected chi connectivity index (χ2v) is 3.46. The van der Waals surface area contributed by atoms with E-state index in [0.29, 0.717) is 17.3 Å². The predicted molar refractivity (Wildman–Crippen MR) is 54.3 cm³/mol. The van der Waals surface area contributed by atoms with Crippen molar-refractivity contribution in [3.8, 4) is 0 Å². The summed E-state index contributed by atoms with van der Waals surface area (Å²) in [7, 11) is 0. The highest BCUT2D eigenvalue weighted by molar-refractivity contribution is 6.31. The van der Waals surface area contributed by atoms with E-state index in [1.807, 2.05) is 0 Å². The Kier molecular flexibility index (Phi) is 2.94. The van der Waals surface area contributed by atoms with Crippen LogP contribution in [-0.4, -0.2) is 25.3 Å². The molecule has 0 bridgehead atoms. The van der Waals surface area contributed by atoms with Crippen LogP contribution in [0.25, 0.3) is 0 Å². The largest absolute Gasteiger partial charge is 0.385 e. The normalized spacial score (nSPS) is 12.7. The first-order valence-electron chi connectivity index (χ1n) is 4.39. The molecule has 0 fully saturated rings. The third-order valence-corrected chi connectivity index (χ3v) is 2.36. The first-order valence-corrected chi connectivity index (χ1v) is 4.77. The summed E-state index contributed by atoms with van der Waals surface area (Å²) in [5.41, 5.74) is 0.829. The zero-order valence-electron chi connectivity index (χ0n) is 7.76. The summed E-state index contributed by atoms with van der Waals surface area (Å²) < 4.78 is 0. The van der Waals surface area contributed by atoms with Gasteiger partial charge in [-0.15, -0.1) is 0 Å². The number of rotatable bonds is 3. The van der Waals surface area contributed by atoms with Crippen LogP contribution in [-0.2, 0) is 6.42 Å². The van der Waals surface area contributed by atoms with E-state index < -0.39 is 6.10 Å². The third-order valence-electron chi connectivity index (χ3n) is 2.02. The van der Waals surface area contributed by atoms with E-state index in [1.165, 1.54) is 6.33 Å². The summed E-state index contributed by atoms with van der Waals surface area (Å²) >= 11 is 5.91. The Morgan fingerprint density at radius 2 is 2.40 bits per heavy atom. The summed E-state index contributed by atoms with van der Waals surface area (Å²) in [4.78, 5) is 7.73. The van der Waals surface area contributed by atoms with Gasteiger partial charge in [0, 0.05) is 18.8 Å². The molecule has 0 aromatic carbocycles. The van der Waals surface area contributed by atoms with Crippen LogP contribution in [0.4, 0.5) is 0 Å². The lowest BCUT2D eigenvalue weighted by molar-refractivity contribution is 0.169. The molecule has 0 aliphatic heterocycles. The lowest BCUT2D eigenvalue weighted by Crippen LogP contribution is -2.04. The molecule has 6 heteroatoms. The number of aromatic nitrogens is 4. The Bertz CT molecular complexity index is 431. The molecule has 2 aromatic rings. The van der Waals surface area contributed by atoms with E-state index in [-0.39, 0.29) is 0 Å². The van der Waals surface area contributed by atoms with Gasteiger partial charge in [0.25, 0.3) is 0 Å². The first-order chi connectivity index (χ1) is 7.27. The lowest BCUT2D eigenvalue weighted by atomic mass is 10.1. The van der Waals surface area contributed by atoms with E-state index in [9.17, 15) is 5.11 Å². The maximum absolute atomic E-state index is 9.77. The number of hydrogen-bond acceptors (Lipinski definition) is 4. The van der Waals surface area contributed by atoms with Crippen molar-refractivity contribution in [2.45, 2.75) is 12.5 Å². The molecule has 78 valence electrons. The van der Waals surface area contributed by atoms with Crippen LogP contribution in [0, 0.1) is 0 Å². The molecule has 0 aliphatic rings. The van der Waals surface area contributed by atoms with E-state index in [0.717, 1.165) is 5.56 Å². The highest BCUT2D eigenvalue weighted by Gasteiger charge is 2.12. The maximum atomic E-state index is 9.77. The number of aliphatic hydroxyl groups is 1. The standard InChI is InChI=1S/C9H9ClN4O/c10-7-4-11-2-1-6(7)3-8(15)9-12-5-13-14-9/h1-2,4-5,8,15H,3H2,(H,12,13,14). The first kappa shape index (κ1) is 10.1. The minimum Gasteiger partial charge on any atom is -0.385 e. The predicted octanol–water partition coefficient (Wildman–Crippen LogP) is 1.13. The molecule has 0 saturated carbocycles. The summed E-state index contributed by atoms with van der Waals surface area (Å²) in [6.45, 7) is 0. The molecule has 2 N–H and O–H groups in total. The summed E-state index contributed by atoms with van der Waals surface area (Å²) in [5.74, 6) is 0.433. The number of nitrogens with zero attached hydrogens (tertiary/aromatic N) is 3. The zero-order chi connectivity index (χ0) is 10.7. The quantitative estimate of drug-likeness (QED) is 0.820. The van der Waals surface area contributed by atoms with Crippen LogP contribution in [0.3, 0.4) is 0 Å². The number of hydrogen-bond donors (Lipinski definition) is 2. The van der Waals surface area contributed by atoms with Crippen LogP contribution < -0.4 is 0 Å². The summed E-state index contributed by atoms with van der Waals surface area (Å²) in [6.07, 6.45) is 4.19. The Balaban J connectivity index is 2.13. The summed E-state index contributed by atoms with van der Waals surface area (Å²) in [6, 6.07) is 1.77. The van der Waals surface area contributed by atoms with Gasteiger partial charge in [0.15, 0.2) is 5.82 Å². The Labute approximate surface area is 91.2 Å². The zero-order valence-corrected chi connectivity index (χ0v) is 8.52. The Hall–Kier alpha value is -1.46. The Morgan fingerprint density at radius 1 is 1.53 bits per heavy atom. The maximum Gasteiger partial charge on any atom is 0.153 e. The van der Waals surface area contributed by atoms with Gasteiger partial charge in [0.05, 0.1) is 5.02 Å². The van der Waals surface area contributed by atoms with E-state index in [1.54, 1.807) is 18.5 Å². The summed E-state index contributed by atoms with van der Waals surface area (Å²) in [5, 5.41) is 16.6. The van der Waals surface area contributed by atoms with Crippen LogP contribution in [0.15, 0.2) is 24.8 Å². The van der Waals surface area contributed by atoms with E-state index in [2.05, 4.69) is 20.2 Å². The number of halogens is 1. The lowest BCUT2D eigenvalue weighted by Gasteiger charge is -2.07. The molecule has 15 heavy (non-hydrogen) atoms. The average Bonchev–Trinajstić information content (AvgIpc) is 2.74. The minimum absolute atomic E-state index is 0.385. The van der Waals surface area contributed by atoms with Crippen molar-refractivity contribution >= 4 is 11.6 Å². The van der Waals surface area contributed by atoms with Crippen LogP contribution >= 0.6 is 11.6 Å². The van der Waals surface area contributed by atoms with Crippen LogP contribution in [0.5, 0.6) is 0 Å². The minimum atomic E-state index is -0.729. The Morgan fingerprint density at radius 3 is 3.07 bits per heavy atom. The molecule has 0 saturated heterocycles. The van der Waals surface area contributed by atoms with Gasteiger partial charge in [-0.25, -0.2) is 4.98 Å². The molecule has 0 spiro atoms. The topological polar surface area (TPSA) is 74.7 Å². The van der Waals surface area contributed by atoms with Crippen LogP contribution in [0.1, 0.15) is 17.5 Å². The second kappa shape index (κ2) is 4.37. The van der Waals surface area contributed by atoms with Crippen molar-refractivity contribution in [1.29, 1.82) is 0 Å². The molecule has 2 rings (SSSR count). The molecule has 0 radical (unpaired) electrons. The van der Waals surface area contributed by atoms with Gasteiger partial charge in [-0.3, -0.25) is 10.1 Å². The molecule has 1 unspecified atom stereocenters. The molecule has 5 nitrogen and oxygen atoms in total. The number of nitrogens with one attached hydrogen (secondary N) is 1. The number of aliphatic hydroxyl groups excluding tert-OH is 1. The molecule has 1 atom stereocenters. The van der Waals surface area contributed by atoms with Crippen molar-refractivity contribution in [2.24, 2.45) is 0 Å². The molecule has 0 amide bonds. The number of pyridine rings is 1. The van der Waals surface area contributed by atoms with Crippen molar-refractivity contribution in [2.75, 3.05) is 0 Å². The SMILES string of the molecule is OC(Cc1ccncc1Cl)c1ncn[nH]1. The van der Waals surface area contributed by atoms with Gasteiger partial charge in [-0.2, -0.15) is 5.10 Å². The van der Waals surface area contributed by atoms with Gasteiger partial charge in [0.2, 0.25) is 0 Å². The van der Waals surface area contributed by atoms with E-state index in [4.69, 9.17) is 11.6 Å². The average molecular weight is 225 g/mol. The van der Waals surface area contributed by atoms with Crippen molar-refractivity contribution in [3.05, 3.63) is 41.2 Å². The van der Waals surface area contributed by atoms with Crippen LogP contribution in [0.2, 0.25) is 5.02 Å². The molecular weight excluding hydrogens is 216 g/mol. The van der Waals surface area contributed by atoms with Crippen molar-refractivity contribution in [3.63, 3.8) is 0 Å². The van der Waals surface area contributed by atoms with Crippen molar-refractivity contribution in [1.82, 2.24) is 20.2 Å². The molecule has 2 aromatic heterocycles. The third kappa shape index (κ3) is 2.31. The smallest absolute Gasteiger partial charge is 0.153 e.